The summed E-state index contributed by atoms with van der Waals surface area (Å²) >= 11 is 1.88. The lowest BCUT2D eigenvalue weighted by atomic mass is 10.1. The topological polar surface area (TPSA) is 54.0 Å². The van der Waals surface area contributed by atoms with Gasteiger partial charge in [-0.2, -0.15) is 11.8 Å². The molecule has 2 N–H and O–H groups in total. The predicted molar refractivity (Wildman–Crippen MR) is 85.4 cm³/mol. The summed E-state index contributed by atoms with van der Waals surface area (Å²) in [6.07, 6.45) is 8.74. The number of carbonyl (C=O) groups excluding carboxylic acids is 1. The molecule has 0 aromatic carbocycles. The maximum absolute atomic E-state index is 12.2. The molecule has 2 rings (SSSR count). The molecule has 0 atom stereocenters. The van der Waals surface area contributed by atoms with Gasteiger partial charge in [0.1, 0.15) is 5.69 Å². The van der Waals surface area contributed by atoms with Crippen LogP contribution in [0.2, 0.25) is 0 Å². The average molecular weight is 293 g/mol. The summed E-state index contributed by atoms with van der Waals surface area (Å²) in [7, 11) is 0. The van der Waals surface area contributed by atoms with E-state index in [1.165, 1.54) is 25.7 Å². The molecule has 1 aromatic rings. The molecule has 5 heteroatoms. The molecule has 0 unspecified atom stereocenters. The normalized spacial score (nSPS) is 16.9. The van der Waals surface area contributed by atoms with Crippen molar-refractivity contribution in [2.45, 2.75) is 37.4 Å². The van der Waals surface area contributed by atoms with Crippen molar-refractivity contribution in [3.05, 3.63) is 24.0 Å². The molecule has 1 aromatic heterocycles. The van der Waals surface area contributed by atoms with Crippen molar-refractivity contribution in [2.24, 2.45) is 0 Å². The van der Waals surface area contributed by atoms with Crippen molar-refractivity contribution in [3.63, 3.8) is 0 Å². The number of aromatic nitrogens is 1. The van der Waals surface area contributed by atoms with Crippen molar-refractivity contribution in [2.75, 3.05) is 24.7 Å². The van der Waals surface area contributed by atoms with E-state index >= 15 is 0 Å². The molecule has 0 radical (unpaired) electrons. The summed E-state index contributed by atoms with van der Waals surface area (Å²) in [5.41, 5.74) is 1.42. The molecule has 0 spiro atoms. The third-order valence-corrected chi connectivity index (χ3v) is 5.31. The van der Waals surface area contributed by atoms with Gasteiger partial charge < -0.3 is 10.6 Å². The van der Waals surface area contributed by atoms with Crippen LogP contribution in [-0.4, -0.2) is 35.0 Å². The molecule has 1 amide bonds. The summed E-state index contributed by atoms with van der Waals surface area (Å²) in [5, 5.41) is 6.25. The number of nitrogens with zero attached hydrogens (tertiary/aromatic N) is 1. The van der Waals surface area contributed by atoms with Gasteiger partial charge >= 0.3 is 0 Å². The summed E-state index contributed by atoms with van der Waals surface area (Å²) in [6, 6.07) is 3.68. The summed E-state index contributed by atoms with van der Waals surface area (Å²) in [6.45, 7) is 3.60. The highest BCUT2D eigenvalue weighted by atomic mass is 32.2. The fourth-order valence-electron chi connectivity index (χ4n) is 2.67. The third kappa shape index (κ3) is 3.66. The first-order valence-electron chi connectivity index (χ1n) is 7.22. The SMILES string of the molecule is CCNc1ccnc(C(=O)NCC2(SC)CCCC2)c1. The monoisotopic (exact) mass is 293 g/mol. The van der Waals surface area contributed by atoms with Gasteiger partial charge in [-0.3, -0.25) is 9.78 Å². The number of carbonyl (C=O) groups is 1. The zero-order valence-corrected chi connectivity index (χ0v) is 13.1. The Morgan fingerprint density at radius 3 is 2.85 bits per heavy atom. The summed E-state index contributed by atoms with van der Waals surface area (Å²) in [5.74, 6) is -0.0786. The third-order valence-electron chi connectivity index (χ3n) is 3.89. The van der Waals surface area contributed by atoms with Crippen LogP contribution in [0.1, 0.15) is 43.1 Å². The largest absolute Gasteiger partial charge is 0.385 e. The van der Waals surface area contributed by atoms with Crippen molar-refractivity contribution < 1.29 is 4.79 Å². The van der Waals surface area contributed by atoms with E-state index in [9.17, 15) is 4.79 Å². The molecule has 1 aliphatic carbocycles. The highest BCUT2D eigenvalue weighted by molar-refractivity contribution is 8.00. The Morgan fingerprint density at radius 1 is 1.45 bits per heavy atom. The van der Waals surface area contributed by atoms with E-state index in [-0.39, 0.29) is 10.7 Å². The molecule has 4 nitrogen and oxygen atoms in total. The zero-order valence-electron chi connectivity index (χ0n) is 12.2. The van der Waals surface area contributed by atoms with Crippen LogP contribution in [0.4, 0.5) is 5.69 Å². The summed E-state index contributed by atoms with van der Waals surface area (Å²) < 4.78 is 0.231. The van der Waals surface area contributed by atoms with Crippen LogP contribution in [0.5, 0.6) is 0 Å². The molecule has 1 saturated carbocycles. The lowest BCUT2D eigenvalue weighted by Crippen LogP contribution is -2.38. The zero-order chi connectivity index (χ0) is 14.4. The van der Waals surface area contributed by atoms with E-state index in [0.717, 1.165) is 18.8 Å². The van der Waals surface area contributed by atoms with E-state index in [1.807, 2.05) is 24.8 Å². The Morgan fingerprint density at radius 2 is 2.20 bits per heavy atom. The van der Waals surface area contributed by atoms with Gasteiger partial charge in [0.15, 0.2) is 0 Å². The predicted octanol–water partition coefficient (Wildman–Crippen LogP) is 2.92. The quantitative estimate of drug-likeness (QED) is 0.847. The van der Waals surface area contributed by atoms with Crippen molar-refractivity contribution >= 4 is 23.4 Å². The highest BCUT2D eigenvalue weighted by Gasteiger charge is 2.33. The Balaban J connectivity index is 1.96. The lowest BCUT2D eigenvalue weighted by Gasteiger charge is -2.26. The van der Waals surface area contributed by atoms with Crippen LogP contribution in [0.25, 0.3) is 0 Å². The Labute approximate surface area is 125 Å². The average Bonchev–Trinajstić information content (AvgIpc) is 2.95. The van der Waals surface area contributed by atoms with Gasteiger partial charge in [0, 0.05) is 29.7 Å². The van der Waals surface area contributed by atoms with Crippen LogP contribution >= 0.6 is 11.8 Å². The molecule has 1 aliphatic rings. The van der Waals surface area contributed by atoms with Crippen molar-refractivity contribution in [3.8, 4) is 0 Å². The molecular formula is C15H23N3OS. The van der Waals surface area contributed by atoms with Gasteiger partial charge in [0.25, 0.3) is 5.91 Å². The Bertz CT molecular complexity index is 458. The molecule has 1 heterocycles. The Hall–Kier alpha value is -1.23. The van der Waals surface area contributed by atoms with Crippen LogP contribution < -0.4 is 10.6 Å². The standard InChI is InChI=1S/C15H23N3OS/c1-3-16-12-6-9-17-13(10-12)14(19)18-11-15(20-2)7-4-5-8-15/h6,9-10H,3-5,7-8,11H2,1-2H3,(H,16,17)(H,18,19). The minimum absolute atomic E-state index is 0.0786. The van der Waals surface area contributed by atoms with Crippen LogP contribution in [0, 0.1) is 0 Å². The maximum atomic E-state index is 12.2. The number of anilines is 1. The number of nitrogens with one attached hydrogen (secondary N) is 2. The van der Waals surface area contributed by atoms with Crippen LogP contribution in [0.15, 0.2) is 18.3 Å². The molecule has 110 valence electrons. The maximum Gasteiger partial charge on any atom is 0.270 e. The minimum Gasteiger partial charge on any atom is -0.385 e. The highest BCUT2D eigenvalue weighted by Crippen LogP contribution is 2.39. The number of thioether (sulfide) groups is 1. The van der Waals surface area contributed by atoms with E-state index in [4.69, 9.17) is 0 Å². The molecule has 0 aliphatic heterocycles. The van der Waals surface area contributed by atoms with Gasteiger partial charge in [-0.25, -0.2) is 0 Å². The second-order valence-corrected chi connectivity index (χ2v) is 6.51. The number of hydrogen-bond donors (Lipinski definition) is 2. The van der Waals surface area contributed by atoms with Gasteiger partial charge in [-0.05, 0) is 38.2 Å². The van der Waals surface area contributed by atoms with Crippen molar-refractivity contribution in [1.29, 1.82) is 0 Å². The van der Waals surface area contributed by atoms with Gasteiger partial charge in [-0.1, -0.05) is 12.8 Å². The smallest absolute Gasteiger partial charge is 0.270 e. The van der Waals surface area contributed by atoms with Crippen LogP contribution in [0.3, 0.4) is 0 Å². The molecule has 0 saturated heterocycles. The summed E-state index contributed by atoms with van der Waals surface area (Å²) in [4.78, 5) is 16.4. The molecular weight excluding hydrogens is 270 g/mol. The first kappa shape index (κ1) is 15.2. The fraction of sp³-hybridized carbons (Fsp3) is 0.600. The fourth-order valence-corrected chi connectivity index (χ4v) is 3.59. The van der Waals surface area contributed by atoms with Gasteiger partial charge in [0.2, 0.25) is 0 Å². The number of hydrogen-bond acceptors (Lipinski definition) is 4. The van der Waals surface area contributed by atoms with E-state index < -0.39 is 0 Å². The van der Waals surface area contributed by atoms with Crippen molar-refractivity contribution in [1.82, 2.24) is 10.3 Å². The van der Waals surface area contributed by atoms with E-state index in [2.05, 4.69) is 21.9 Å². The number of rotatable bonds is 6. The second-order valence-electron chi connectivity index (χ2n) is 5.24. The molecule has 20 heavy (non-hydrogen) atoms. The number of pyridine rings is 1. The van der Waals surface area contributed by atoms with E-state index in [1.54, 1.807) is 12.3 Å². The second kappa shape index (κ2) is 6.97. The van der Waals surface area contributed by atoms with E-state index in [0.29, 0.717) is 5.69 Å². The molecule has 0 bridgehead atoms. The Kier molecular flexibility index (Phi) is 5.29. The number of amides is 1. The first-order chi connectivity index (χ1) is 9.69. The van der Waals surface area contributed by atoms with Gasteiger partial charge in [0.05, 0.1) is 0 Å². The first-order valence-corrected chi connectivity index (χ1v) is 8.45. The molecule has 1 fully saturated rings. The van der Waals surface area contributed by atoms with Gasteiger partial charge in [-0.15, -0.1) is 0 Å². The minimum atomic E-state index is -0.0786. The lowest BCUT2D eigenvalue weighted by molar-refractivity contribution is 0.0944. The van der Waals surface area contributed by atoms with Crippen LogP contribution in [-0.2, 0) is 0 Å².